The Morgan fingerprint density at radius 2 is 1.86 bits per heavy atom. The second-order valence-electron chi connectivity index (χ2n) is 3.52. The van der Waals surface area contributed by atoms with E-state index in [1.54, 1.807) is 6.07 Å². The van der Waals surface area contributed by atoms with Crippen molar-refractivity contribution in [2.45, 2.75) is 13.8 Å². The number of hydrogen-bond acceptors (Lipinski definition) is 2. The molecular formula is C12H13NO. The number of benzene rings is 1. The van der Waals surface area contributed by atoms with Gasteiger partial charge in [-0.2, -0.15) is 0 Å². The molecule has 0 radical (unpaired) electrons. The minimum absolute atomic E-state index is 0.458. The molecule has 0 aliphatic carbocycles. The lowest BCUT2D eigenvalue weighted by Crippen LogP contribution is -1.82. The molecule has 2 nitrogen and oxygen atoms in total. The number of hydrogen-bond donors (Lipinski definition) is 1. The highest BCUT2D eigenvalue weighted by Gasteiger charge is 2.05. The SMILES string of the molecule is Cc1ccc(-c2ccc(N)o2)c(C)c1. The predicted octanol–water partition coefficient (Wildman–Crippen LogP) is 3.15. The van der Waals surface area contributed by atoms with Gasteiger partial charge in [0.15, 0.2) is 5.88 Å². The summed E-state index contributed by atoms with van der Waals surface area (Å²) in [5.74, 6) is 1.29. The number of furan rings is 1. The maximum Gasteiger partial charge on any atom is 0.190 e. The summed E-state index contributed by atoms with van der Waals surface area (Å²) in [6.07, 6.45) is 0. The number of rotatable bonds is 1. The largest absolute Gasteiger partial charge is 0.441 e. The molecule has 0 bridgehead atoms. The fourth-order valence-electron chi connectivity index (χ4n) is 1.59. The fraction of sp³-hybridized carbons (Fsp3) is 0.167. The average molecular weight is 187 g/mol. The molecule has 0 saturated heterocycles. The summed E-state index contributed by atoms with van der Waals surface area (Å²) in [7, 11) is 0. The second-order valence-corrected chi connectivity index (χ2v) is 3.52. The van der Waals surface area contributed by atoms with E-state index in [0.717, 1.165) is 11.3 Å². The quantitative estimate of drug-likeness (QED) is 0.744. The van der Waals surface area contributed by atoms with Crippen LogP contribution in [0.5, 0.6) is 0 Å². The Morgan fingerprint density at radius 3 is 2.43 bits per heavy atom. The summed E-state index contributed by atoms with van der Waals surface area (Å²) in [4.78, 5) is 0. The highest BCUT2D eigenvalue weighted by Crippen LogP contribution is 2.26. The van der Waals surface area contributed by atoms with Gasteiger partial charge < -0.3 is 10.2 Å². The smallest absolute Gasteiger partial charge is 0.190 e. The molecule has 14 heavy (non-hydrogen) atoms. The third-order valence-corrected chi connectivity index (χ3v) is 2.27. The zero-order chi connectivity index (χ0) is 10.1. The molecule has 0 spiro atoms. The molecule has 0 atom stereocenters. The number of anilines is 1. The highest BCUT2D eigenvalue weighted by molar-refractivity contribution is 5.63. The van der Waals surface area contributed by atoms with Crippen molar-refractivity contribution in [3.05, 3.63) is 41.5 Å². The van der Waals surface area contributed by atoms with E-state index in [4.69, 9.17) is 10.2 Å². The average Bonchev–Trinajstić information content (AvgIpc) is 2.51. The van der Waals surface area contributed by atoms with Crippen LogP contribution in [0.3, 0.4) is 0 Å². The van der Waals surface area contributed by atoms with E-state index in [1.807, 2.05) is 6.07 Å². The monoisotopic (exact) mass is 187 g/mol. The molecule has 0 fully saturated rings. The molecule has 0 aliphatic heterocycles. The van der Waals surface area contributed by atoms with Gasteiger partial charge in [0.1, 0.15) is 5.76 Å². The van der Waals surface area contributed by atoms with Crippen LogP contribution in [0.4, 0.5) is 5.88 Å². The van der Waals surface area contributed by atoms with Gasteiger partial charge in [-0.25, -0.2) is 0 Å². The molecule has 72 valence electrons. The molecule has 1 aromatic heterocycles. The molecule has 1 heterocycles. The summed E-state index contributed by atoms with van der Waals surface area (Å²) < 4.78 is 5.37. The molecule has 2 heteroatoms. The van der Waals surface area contributed by atoms with E-state index in [-0.39, 0.29) is 0 Å². The zero-order valence-electron chi connectivity index (χ0n) is 8.37. The Hall–Kier alpha value is -1.70. The van der Waals surface area contributed by atoms with E-state index in [2.05, 4.69) is 32.0 Å². The number of nitrogen functional groups attached to an aromatic ring is 1. The van der Waals surface area contributed by atoms with E-state index in [1.165, 1.54) is 11.1 Å². The lowest BCUT2D eigenvalue weighted by atomic mass is 10.0. The first-order valence-corrected chi connectivity index (χ1v) is 4.60. The Bertz CT molecular complexity index is 457. The van der Waals surface area contributed by atoms with Crippen LogP contribution in [0.15, 0.2) is 34.7 Å². The van der Waals surface area contributed by atoms with Gasteiger partial charge in [0.05, 0.1) is 0 Å². The van der Waals surface area contributed by atoms with Crippen LogP contribution in [0.2, 0.25) is 0 Å². The standard InChI is InChI=1S/C12H13NO/c1-8-3-4-10(9(2)7-8)11-5-6-12(13)14-11/h3-7H,13H2,1-2H3. The van der Waals surface area contributed by atoms with Crippen LogP contribution in [0, 0.1) is 13.8 Å². The Kier molecular flexibility index (Phi) is 2.04. The lowest BCUT2D eigenvalue weighted by molar-refractivity contribution is 0.602. The Morgan fingerprint density at radius 1 is 1.07 bits per heavy atom. The van der Waals surface area contributed by atoms with Crippen LogP contribution in [0.25, 0.3) is 11.3 Å². The van der Waals surface area contributed by atoms with Gasteiger partial charge in [-0.05, 0) is 25.5 Å². The topological polar surface area (TPSA) is 39.2 Å². The molecule has 1 aromatic carbocycles. The normalized spacial score (nSPS) is 10.4. The van der Waals surface area contributed by atoms with Gasteiger partial charge in [0.2, 0.25) is 0 Å². The highest BCUT2D eigenvalue weighted by atomic mass is 16.3. The summed E-state index contributed by atoms with van der Waals surface area (Å²) in [5.41, 5.74) is 9.10. The first-order valence-electron chi connectivity index (χ1n) is 4.60. The van der Waals surface area contributed by atoms with Crippen LogP contribution < -0.4 is 5.73 Å². The van der Waals surface area contributed by atoms with Crippen LogP contribution in [0.1, 0.15) is 11.1 Å². The van der Waals surface area contributed by atoms with Crippen molar-refractivity contribution in [1.82, 2.24) is 0 Å². The van der Waals surface area contributed by atoms with Crippen molar-refractivity contribution in [3.63, 3.8) is 0 Å². The van der Waals surface area contributed by atoms with Crippen molar-refractivity contribution >= 4 is 5.88 Å². The summed E-state index contributed by atoms with van der Waals surface area (Å²) in [6.45, 7) is 4.15. The fourth-order valence-corrected chi connectivity index (χ4v) is 1.59. The van der Waals surface area contributed by atoms with Crippen molar-refractivity contribution in [2.24, 2.45) is 0 Å². The maximum atomic E-state index is 5.53. The third-order valence-electron chi connectivity index (χ3n) is 2.27. The van der Waals surface area contributed by atoms with Gasteiger partial charge in [-0.3, -0.25) is 0 Å². The summed E-state index contributed by atoms with van der Waals surface area (Å²) in [6, 6.07) is 9.93. The van der Waals surface area contributed by atoms with Crippen molar-refractivity contribution in [3.8, 4) is 11.3 Å². The van der Waals surface area contributed by atoms with E-state index in [9.17, 15) is 0 Å². The van der Waals surface area contributed by atoms with Gasteiger partial charge in [0.25, 0.3) is 0 Å². The van der Waals surface area contributed by atoms with Crippen molar-refractivity contribution < 1.29 is 4.42 Å². The molecule has 0 aliphatic rings. The van der Waals surface area contributed by atoms with E-state index >= 15 is 0 Å². The molecular weight excluding hydrogens is 174 g/mol. The third kappa shape index (κ3) is 1.51. The second kappa shape index (κ2) is 3.22. The van der Waals surface area contributed by atoms with Crippen LogP contribution in [-0.2, 0) is 0 Å². The van der Waals surface area contributed by atoms with E-state index < -0.39 is 0 Å². The van der Waals surface area contributed by atoms with Gasteiger partial charge in [-0.15, -0.1) is 0 Å². The van der Waals surface area contributed by atoms with Gasteiger partial charge in [-0.1, -0.05) is 23.8 Å². The molecule has 2 rings (SSSR count). The first-order chi connectivity index (χ1) is 6.66. The maximum absolute atomic E-state index is 5.53. The first kappa shape index (κ1) is 8.88. The van der Waals surface area contributed by atoms with Crippen LogP contribution >= 0.6 is 0 Å². The number of nitrogens with two attached hydrogens (primary N) is 1. The number of aryl methyl sites for hydroxylation is 2. The van der Waals surface area contributed by atoms with Crippen LogP contribution in [-0.4, -0.2) is 0 Å². The molecule has 0 unspecified atom stereocenters. The van der Waals surface area contributed by atoms with Crippen molar-refractivity contribution in [1.29, 1.82) is 0 Å². The molecule has 2 N–H and O–H groups in total. The predicted molar refractivity (Wildman–Crippen MR) is 58.0 cm³/mol. The Labute approximate surface area is 83.4 Å². The summed E-state index contributed by atoms with van der Waals surface area (Å²) in [5, 5.41) is 0. The lowest BCUT2D eigenvalue weighted by Gasteiger charge is -2.03. The minimum atomic E-state index is 0.458. The van der Waals surface area contributed by atoms with Gasteiger partial charge in [0, 0.05) is 11.6 Å². The molecule has 2 aromatic rings. The summed E-state index contributed by atoms with van der Waals surface area (Å²) >= 11 is 0. The Balaban J connectivity index is 2.52. The molecule has 0 amide bonds. The minimum Gasteiger partial charge on any atom is -0.441 e. The zero-order valence-corrected chi connectivity index (χ0v) is 8.37. The molecule has 0 saturated carbocycles. The van der Waals surface area contributed by atoms with Crippen molar-refractivity contribution in [2.75, 3.05) is 5.73 Å². The van der Waals surface area contributed by atoms with E-state index in [0.29, 0.717) is 5.88 Å². The van der Waals surface area contributed by atoms with Gasteiger partial charge >= 0.3 is 0 Å².